The molecule has 3 aromatic heterocycles. The summed E-state index contributed by atoms with van der Waals surface area (Å²) in [4.78, 5) is 34.3. The van der Waals surface area contributed by atoms with Crippen LogP contribution in [0.25, 0.3) is 16.9 Å². The van der Waals surface area contributed by atoms with Crippen molar-refractivity contribution in [1.82, 2.24) is 24.3 Å². The van der Waals surface area contributed by atoms with Crippen molar-refractivity contribution in [3.05, 3.63) is 86.1 Å². The van der Waals surface area contributed by atoms with E-state index in [0.717, 1.165) is 0 Å². The number of fused-ring (bicyclic) bond motifs is 1. The number of hydrogen-bond donors (Lipinski definition) is 0. The van der Waals surface area contributed by atoms with Crippen molar-refractivity contribution in [3.8, 4) is 11.3 Å². The van der Waals surface area contributed by atoms with Crippen LogP contribution in [0.3, 0.4) is 0 Å². The highest BCUT2D eigenvalue weighted by Gasteiger charge is 2.30. The van der Waals surface area contributed by atoms with Crippen molar-refractivity contribution in [2.24, 2.45) is 0 Å². The third-order valence-corrected chi connectivity index (χ3v) is 6.58. The van der Waals surface area contributed by atoms with Crippen LogP contribution in [0.5, 0.6) is 0 Å². The van der Waals surface area contributed by atoms with Gasteiger partial charge in [-0.3, -0.25) is 18.9 Å². The fourth-order valence-corrected chi connectivity index (χ4v) is 4.78. The molecule has 4 aromatic rings. The normalized spacial score (nSPS) is 14.6. The number of amides is 1. The van der Waals surface area contributed by atoms with E-state index in [4.69, 9.17) is 27.7 Å². The lowest BCUT2D eigenvalue weighted by molar-refractivity contribution is 0.0626. The summed E-state index contributed by atoms with van der Waals surface area (Å²) in [5.41, 5.74) is 2.42. The lowest BCUT2D eigenvalue weighted by Crippen LogP contribution is -2.48. The molecule has 0 unspecified atom stereocenters. The van der Waals surface area contributed by atoms with Crippen LogP contribution >= 0.6 is 23.2 Å². The van der Waals surface area contributed by atoms with E-state index in [9.17, 15) is 9.59 Å². The molecule has 1 aliphatic rings. The van der Waals surface area contributed by atoms with Crippen molar-refractivity contribution in [2.75, 3.05) is 26.2 Å². The zero-order chi connectivity index (χ0) is 23.8. The molecule has 5 rings (SSSR count). The first-order chi connectivity index (χ1) is 16.4. The van der Waals surface area contributed by atoms with Gasteiger partial charge in [-0.1, -0.05) is 40.5 Å². The minimum atomic E-state index is -0.175. The minimum Gasteiger partial charge on any atom is -0.360 e. The number of benzene rings is 1. The molecule has 4 heterocycles. The van der Waals surface area contributed by atoms with Crippen molar-refractivity contribution in [1.29, 1.82) is 0 Å². The predicted molar refractivity (Wildman–Crippen MR) is 129 cm³/mol. The van der Waals surface area contributed by atoms with Gasteiger partial charge in [0, 0.05) is 50.6 Å². The average molecular weight is 498 g/mol. The Bertz CT molecular complexity index is 1420. The van der Waals surface area contributed by atoms with Gasteiger partial charge in [-0.25, -0.2) is 4.98 Å². The van der Waals surface area contributed by atoms with Crippen molar-refractivity contribution >= 4 is 34.8 Å². The van der Waals surface area contributed by atoms with Gasteiger partial charge in [-0.05, 0) is 31.2 Å². The van der Waals surface area contributed by atoms with Crippen LogP contribution in [0.1, 0.15) is 21.8 Å². The summed E-state index contributed by atoms with van der Waals surface area (Å²) < 4.78 is 6.87. The van der Waals surface area contributed by atoms with Crippen molar-refractivity contribution in [3.63, 3.8) is 0 Å². The van der Waals surface area contributed by atoms with Crippen LogP contribution in [-0.2, 0) is 6.54 Å². The van der Waals surface area contributed by atoms with E-state index >= 15 is 0 Å². The van der Waals surface area contributed by atoms with Gasteiger partial charge in [-0.15, -0.1) is 0 Å². The molecule has 0 N–H and O–H groups in total. The van der Waals surface area contributed by atoms with E-state index in [-0.39, 0.29) is 11.5 Å². The number of aromatic nitrogens is 3. The fraction of sp³-hybridized carbons (Fsp3) is 0.250. The number of carbonyl (C=O) groups is 1. The second-order valence-electron chi connectivity index (χ2n) is 8.14. The largest absolute Gasteiger partial charge is 0.360 e. The van der Waals surface area contributed by atoms with Crippen LogP contribution in [0.15, 0.2) is 58.0 Å². The van der Waals surface area contributed by atoms with Gasteiger partial charge in [0.2, 0.25) is 0 Å². The van der Waals surface area contributed by atoms with Crippen LogP contribution in [-0.4, -0.2) is 56.4 Å². The van der Waals surface area contributed by atoms with E-state index in [0.29, 0.717) is 76.7 Å². The summed E-state index contributed by atoms with van der Waals surface area (Å²) in [5, 5.41) is 4.89. The third-order valence-electron chi connectivity index (χ3n) is 5.95. The number of halogens is 2. The van der Waals surface area contributed by atoms with Gasteiger partial charge in [0.05, 0.1) is 15.7 Å². The quantitative estimate of drug-likeness (QED) is 0.424. The summed E-state index contributed by atoms with van der Waals surface area (Å²) >= 11 is 12.7. The molecule has 1 fully saturated rings. The molecule has 1 aliphatic heterocycles. The Labute approximate surface area is 205 Å². The summed E-state index contributed by atoms with van der Waals surface area (Å²) in [5.74, 6) is 0.241. The molecule has 0 atom stereocenters. The number of rotatable bonds is 4. The summed E-state index contributed by atoms with van der Waals surface area (Å²) in [6.45, 7) is 4.57. The Kier molecular flexibility index (Phi) is 6.12. The number of piperazine rings is 1. The lowest BCUT2D eigenvalue weighted by atomic mass is 10.0. The highest BCUT2D eigenvalue weighted by atomic mass is 35.5. The monoisotopic (exact) mass is 497 g/mol. The van der Waals surface area contributed by atoms with Crippen molar-refractivity contribution in [2.45, 2.75) is 13.5 Å². The lowest BCUT2D eigenvalue weighted by Gasteiger charge is -2.34. The molecular formula is C24H21Cl2N5O3. The zero-order valence-electron chi connectivity index (χ0n) is 18.4. The molecule has 174 valence electrons. The number of hydrogen-bond acceptors (Lipinski definition) is 6. The molecule has 0 radical (unpaired) electrons. The number of pyridine rings is 1. The second-order valence-corrected chi connectivity index (χ2v) is 8.96. The SMILES string of the molecule is Cc1onc(-c2c(Cl)cccc2Cl)c1C(=O)N1CCN(Cc2cc(=O)n3ccccc3n2)CC1. The molecule has 0 bridgehead atoms. The number of aryl methyl sites for hydroxylation is 1. The Morgan fingerprint density at radius 2 is 1.79 bits per heavy atom. The standard InChI is InChI=1S/C24H21Cl2N5O3/c1-15-21(23(28-34-15)22-17(25)5-4-6-18(22)26)24(33)30-11-9-29(10-12-30)14-16-13-20(32)31-8-3-2-7-19(31)27-16/h2-8,13H,9-12,14H2,1H3. The van der Waals surface area contributed by atoms with Gasteiger partial charge in [-0.2, -0.15) is 0 Å². The Morgan fingerprint density at radius 3 is 2.53 bits per heavy atom. The molecule has 34 heavy (non-hydrogen) atoms. The van der Waals surface area contributed by atoms with Gasteiger partial charge >= 0.3 is 0 Å². The zero-order valence-corrected chi connectivity index (χ0v) is 19.9. The highest BCUT2D eigenvalue weighted by Crippen LogP contribution is 2.37. The maximum atomic E-state index is 13.4. The Morgan fingerprint density at radius 1 is 1.06 bits per heavy atom. The topological polar surface area (TPSA) is 84.0 Å². The number of carbonyl (C=O) groups excluding carboxylic acids is 1. The first-order valence-electron chi connectivity index (χ1n) is 10.8. The van der Waals surface area contributed by atoms with Gasteiger partial charge in [0.1, 0.15) is 22.7 Å². The Balaban J connectivity index is 1.31. The molecule has 1 saturated heterocycles. The predicted octanol–water partition coefficient (Wildman–Crippen LogP) is 3.92. The molecule has 1 aromatic carbocycles. The van der Waals surface area contributed by atoms with E-state index in [2.05, 4.69) is 15.0 Å². The van der Waals surface area contributed by atoms with Crippen LogP contribution in [0, 0.1) is 6.92 Å². The average Bonchev–Trinajstić information content (AvgIpc) is 3.20. The minimum absolute atomic E-state index is 0.108. The smallest absolute Gasteiger partial charge is 0.259 e. The Hall–Kier alpha value is -3.20. The van der Waals surface area contributed by atoms with E-state index in [1.54, 1.807) is 48.4 Å². The first kappa shape index (κ1) is 22.6. The van der Waals surface area contributed by atoms with Crippen LogP contribution in [0.2, 0.25) is 10.0 Å². The van der Waals surface area contributed by atoms with Crippen molar-refractivity contribution < 1.29 is 9.32 Å². The summed E-state index contributed by atoms with van der Waals surface area (Å²) in [7, 11) is 0. The summed E-state index contributed by atoms with van der Waals surface area (Å²) in [6.07, 6.45) is 1.70. The van der Waals surface area contributed by atoms with Crippen LogP contribution in [0.4, 0.5) is 0 Å². The van der Waals surface area contributed by atoms with Gasteiger partial charge < -0.3 is 9.42 Å². The molecule has 0 saturated carbocycles. The summed E-state index contributed by atoms with van der Waals surface area (Å²) in [6, 6.07) is 12.2. The van der Waals surface area contributed by atoms with E-state index in [1.807, 2.05) is 12.1 Å². The molecular weight excluding hydrogens is 477 g/mol. The first-order valence-corrected chi connectivity index (χ1v) is 11.6. The molecule has 0 aliphatic carbocycles. The molecule has 1 amide bonds. The molecule has 0 spiro atoms. The molecule has 8 nitrogen and oxygen atoms in total. The van der Waals surface area contributed by atoms with Gasteiger partial charge in [0.15, 0.2) is 0 Å². The second kappa shape index (κ2) is 9.21. The van der Waals surface area contributed by atoms with Gasteiger partial charge in [0.25, 0.3) is 11.5 Å². The molecule has 10 heteroatoms. The van der Waals surface area contributed by atoms with Crippen LogP contribution < -0.4 is 5.56 Å². The van der Waals surface area contributed by atoms with E-state index < -0.39 is 0 Å². The highest BCUT2D eigenvalue weighted by molar-refractivity contribution is 6.39. The maximum Gasteiger partial charge on any atom is 0.259 e. The number of nitrogens with zero attached hydrogens (tertiary/aromatic N) is 5. The maximum absolute atomic E-state index is 13.4. The third kappa shape index (κ3) is 4.20. The fourth-order valence-electron chi connectivity index (χ4n) is 4.20. The van der Waals surface area contributed by atoms with E-state index in [1.165, 1.54) is 4.40 Å².